The topological polar surface area (TPSA) is 20.2 Å². The van der Waals surface area contributed by atoms with E-state index >= 15 is 0 Å². The van der Waals surface area contributed by atoms with Crippen LogP contribution >= 0.6 is 11.3 Å². The Labute approximate surface area is 89.8 Å². The predicted molar refractivity (Wildman–Crippen MR) is 60.5 cm³/mol. The average molecular weight is 210 g/mol. The van der Waals surface area contributed by atoms with Gasteiger partial charge in [-0.25, -0.2) is 0 Å². The summed E-state index contributed by atoms with van der Waals surface area (Å²) in [6.07, 6.45) is 7.53. The third-order valence-electron chi connectivity index (χ3n) is 3.15. The monoisotopic (exact) mass is 210 g/mol. The van der Waals surface area contributed by atoms with Crippen LogP contribution in [0.5, 0.6) is 0 Å². The van der Waals surface area contributed by atoms with Gasteiger partial charge in [-0.3, -0.25) is 0 Å². The van der Waals surface area contributed by atoms with Crippen LogP contribution in [0.3, 0.4) is 0 Å². The number of thiophene rings is 1. The lowest BCUT2D eigenvalue weighted by Gasteiger charge is -2.23. The number of hydrogen-bond acceptors (Lipinski definition) is 2. The first-order chi connectivity index (χ1) is 6.86. The van der Waals surface area contributed by atoms with Crippen molar-refractivity contribution in [1.29, 1.82) is 0 Å². The molecule has 0 amide bonds. The van der Waals surface area contributed by atoms with Crippen LogP contribution in [0.25, 0.3) is 0 Å². The second-order valence-corrected chi connectivity index (χ2v) is 5.25. The van der Waals surface area contributed by atoms with E-state index in [1.807, 2.05) is 17.5 Å². The molecule has 0 radical (unpaired) electrons. The van der Waals surface area contributed by atoms with Gasteiger partial charge in [0.05, 0.1) is 6.10 Å². The molecule has 0 saturated heterocycles. The Kier molecular flexibility index (Phi) is 3.60. The molecule has 0 aliphatic heterocycles. The van der Waals surface area contributed by atoms with Crippen LogP contribution in [0.4, 0.5) is 0 Å². The first kappa shape index (κ1) is 10.2. The highest BCUT2D eigenvalue weighted by atomic mass is 32.1. The molecule has 2 rings (SSSR count). The van der Waals surface area contributed by atoms with Gasteiger partial charge in [0.1, 0.15) is 0 Å². The molecule has 1 aliphatic rings. The van der Waals surface area contributed by atoms with E-state index in [0.29, 0.717) is 0 Å². The fourth-order valence-electron chi connectivity index (χ4n) is 2.34. The van der Waals surface area contributed by atoms with Crippen LogP contribution in [0.15, 0.2) is 17.5 Å². The standard InChI is InChI=1S/C12H18OS/c13-11(12-7-4-8-14-12)9-10-5-2-1-3-6-10/h4,7-8,10-11,13H,1-3,5-6,9H2. The maximum Gasteiger partial charge on any atom is 0.0884 e. The highest BCUT2D eigenvalue weighted by molar-refractivity contribution is 7.10. The van der Waals surface area contributed by atoms with Crippen molar-refractivity contribution in [2.75, 3.05) is 0 Å². The summed E-state index contributed by atoms with van der Waals surface area (Å²) in [5, 5.41) is 12.0. The molecule has 14 heavy (non-hydrogen) atoms. The van der Waals surface area contributed by atoms with Gasteiger partial charge < -0.3 is 5.11 Å². The van der Waals surface area contributed by atoms with Crippen LogP contribution in [-0.2, 0) is 0 Å². The molecular weight excluding hydrogens is 192 g/mol. The maximum atomic E-state index is 9.97. The van der Waals surface area contributed by atoms with Crippen LogP contribution in [0.2, 0.25) is 0 Å². The zero-order chi connectivity index (χ0) is 9.80. The molecule has 78 valence electrons. The Morgan fingerprint density at radius 3 is 2.79 bits per heavy atom. The second kappa shape index (κ2) is 4.94. The largest absolute Gasteiger partial charge is 0.388 e. The van der Waals surface area contributed by atoms with Gasteiger partial charge in [0, 0.05) is 4.88 Å². The van der Waals surface area contributed by atoms with Crippen LogP contribution in [0.1, 0.15) is 49.5 Å². The lowest BCUT2D eigenvalue weighted by molar-refractivity contribution is 0.134. The van der Waals surface area contributed by atoms with Crippen LogP contribution in [-0.4, -0.2) is 5.11 Å². The maximum absolute atomic E-state index is 9.97. The zero-order valence-corrected chi connectivity index (χ0v) is 9.30. The highest BCUT2D eigenvalue weighted by Crippen LogP contribution is 2.32. The van der Waals surface area contributed by atoms with Gasteiger partial charge in [0.15, 0.2) is 0 Å². The molecule has 1 nitrogen and oxygen atoms in total. The average Bonchev–Trinajstić information content (AvgIpc) is 2.72. The fourth-order valence-corrected chi connectivity index (χ4v) is 3.06. The minimum absolute atomic E-state index is 0.210. The SMILES string of the molecule is OC(CC1CCCCC1)c1cccs1. The van der Waals surface area contributed by atoms with Gasteiger partial charge in [-0.2, -0.15) is 0 Å². The molecule has 0 aromatic carbocycles. The summed E-state index contributed by atoms with van der Waals surface area (Å²) < 4.78 is 0. The molecule has 1 aliphatic carbocycles. The van der Waals surface area contributed by atoms with Crippen molar-refractivity contribution in [2.45, 2.75) is 44.6 Å². The second-order valence-electron chi connectivity index (χ2n) is 4.27. The van der Waals surface area contributed by atoms with Gasteiger partial charge >= 0.3 is 0 Å². The van der Waals surface area contributed by atoms with E-state index in [1.165, 1.54) is 32.1 Å². The fraction of sp³-hybridized carbons (Fsp3) is 0.667. The van der Waals surface area contributed by atoms with Crippen molar-refractivity contribution in [3.63, 3.8) is 0 Å². The molecule has 1 unspecified atom stereocenters. The van der Waals surface area contributed by atoms with Gasteiger partial charge in [-0.15, -0.1) is 11.3 Å². The number of aliphatic hydroxyl groups excluding tert-OH is 1. The smallest absolute Gasteiger partial charge is 0.0884 e. The zero-order valence-electron chi connectivity index (χ0n) is 8.48. The van der Waals surface area contributed by atoms with E-state index in [-0.39, 0.29) is 6.10 Å². The summed E-state index contributed by atoms with van der Waals surface area (Å²) in [5.74, 6) is 0.765. The van der Waals surface area contributed by atoms with Crippen molar-refractivity contribution in [1.82, 2.24) is 0 Å². The summed E-state index contributed by atoms with van der Waals surface area (Å²) >= 11 is 1.67. The molecule has 1 saturated carbocycles. The summed E-state index contributed by atoms with van der Waals surface area (Å²) in [5.41, 5.74) is 0. The molecular formula is C12H18OS. The van der Waals surface area contributed by atoms with Crippen LogP contribution in [0, 0.1) is 5.92 Å². The molecule has 1 fully saturated rings. The van der Waals surface area contributed by atoms with Gasteiger partial charge in [0.25, 0.3) is 0 Å². The lowest BCUT2D eigenvalue weighted by Crippen LogP contribution is -2.10. The van der Waals surface area contributed by atoms with Crippen molar-refractivity contribution in [2.24, 2.45) is 5.92 Å². The Balaban J connectivity index is 1.84. The summed E-state index contributed by atoms with van der Waals surface area (Å²) in [4.78, 5) is 1.13. The molecule has 1 N–H and O–H groups in total. The third-order valence-corrected chi connectivity index (χ3v) is 4.13. The highest BCUT2D eigenvalue weighted by Gasteiger charge is 2.18. The van der Waals surface area contributed by atoms with E-state index in [0.717, 1.165) is 17.2 Å². The third kappa shape index (κ3) is 2.58. The molecule has 1 heterocycles. The minimum Gasteiger partial charge on any atom is -0.388 e. The summed E-state index contributed by atoms with van der Waals surface area (Å²) in [6, 6.07) is 4.06. The summed E-state index contributed by atoms with van der Waals surface area (Å²) in [6.45, 7) is 0. The normalized spacial score (nSPS) is 20.9. The number of aliphatic hydroxyl groups is 1. The first-order valence-electron chi connectivity index (χ1n) is 5.58. The molecule has 0 spiro atoms. The molecule has 1 aromatic rings. The Hall–Kier alpha value is -0.340. The van der Waals surface area contributed by atoms with Crippen molar-refractivity contribution in [3.05, 3.63) is 22.4 Å². The number of rotatable bonds is 3. The minimum atomic E-state index is -0.210. The first-order valence-corrected chi connectivity index (χ1v) is 6.45. The quantitative estimate of drug-likeness (QED) is 0.805. The Morgan fingerprint density at radius 1 is 1.36 bits per heavy atom. The molecule has 0 bridgehead atoms. The Morgan fingerprint density at radius 2 is 2.14 bits per heavy atom. The lowest BCUT2D eigenvalue weighted by atomic mass is 9.85. The molecule has 2 heteroatoms. The van der Waals surface area contributed by atoms with Crippen LogP contribution < -0.4 is 0 Å². The van der Waals surface area contributed by atoms with Crippen molar-refractivity contribution >= 4 is 11.3 Å². The van der Waals surface area contributed by atoms with Gasteiger partial charge in [0.2, 0.25) is 0 Å². The van der Waals surface area contributed by atoms with E-state index in [1.54, 1.807) is 11.3 Å². The van der Waals surface area contributed by atoms with Gasteiger partial charge in [-0.1, -0.05) is 38.2 Å². The van der Waals surface area contributed by atoms with E-state index in [2.05, 4.69) is 0 Å². The van der Waals surface area contributed by atoms with E-state index in [9.17, 15) is 5.11 Å². The Bertz CT molecular complexity index is 249. The number of hydrogen-bond donors (Lipinski definition) is 1. The van der Waals surface area contributed by atoms with E-state index < -0.39 is 0 Å². The molecule has 1 atom stereocenters. The predicted octanol–water partition coefficient (Wildman–Crippen LogP) is 3.75. The molecule has 1 aromatic heterocycles. The summed E-state index contributed by atoms with van der Waals surface area (Å²) in [7, 11) is 0. The van der Waals surface area contributed by atoms with E-state index in [4.69, 9.17) is 0 Å². The van der Waals surface area contributed by atoms with Gasteiger partial charge in [-0.05, 0) is 23.8 Å². The van der Waals surface area contributed by atoms with Crippen molar-refractivity contribution in [3.8, 4) is 0 Å². The van der Waals surface area contributed by atoms with Crippen molar-refractivity contribution < 1.29 is 5.11 Å².